The summed E-state index contributed by atoms with van der Waals surface area (Å²) >= 11 is 0. The van der Waals surface area contributed by atoms with Gasteiger partial charge in [0, 0.05) is 6.42 Å². The van der Waals surface area contributed by atoms with Gasteiger partial charge in [-0.15, -0.1) is 11.5 Å². The first-order valence-corrected chi connectivity index (χ1v) is 14.3. The van der Waals surface area contributed by atoms with Crippen LogP contribution in [0.1, 0.15) is 66.4 Å². The van der Waals surface area contributed by atoms with Gasteiger partial charge in [-0.2, -0.15) is 8.42 Å². The SMILES string of the molecule is Cc1ccc(S(=O)(=O)OCCC/C=C\CC#C[Si](C(C)C)(C(C)C)C(C)C)cc1. The summed E-state index contributed by atoms with van der Waals surface area (Å²) in [6, 6.07) is 6.71. The van der Waals surface area contributed by atoms with E-state index in [4.69, 9.17) is 4.18 Å². The molecule has 0 amide bonds. The van der Waals surface area contributed by atoms with Crippen LogP contribution in [0.25, 0.3) is 0 Å². The number of rotatable bonds is 10. The van der Waals surface area contributed by atoms with Gasteiger partial charge in [-0.3, -0.25) is 4.18 Å². The van der Waals surface area contributed by atoms with Gasteiger partial charge in [0.25, 0.3) is 10.1 Å². The Morgan fingerprint density at radius 1 is 0.966 bits per heavy atom. The molecular formula is C24H38O3SSi. The van der Waals surface area contributed by atoms with Crippen LogP contribution in [0.4, 0.5) is 0 Å². The molecule has 5 heteroatoms. The molecule has 1 aromatic rings. The minimum absolute atomic E-state index is 0.191. The van der Waals surface area contributed by atoms with Gasteiger partial charge >= 0.3 is 0 Å². The molecule has 1 rings (SSSR count). The topological polar surface area (TPSA) is 43.4 Å². The van der Waals surface area contributed by atoms with Crippen LogP contribution in [0.5, 0.6) is 0 Å². The zero-order valence-corrected chi connectivity index (χ0v) is 21.0. The van der Waals surface area contributed by atoms with Crippen molar-refractivity contribution in [3.05, 3.63) is 42.0 Å². The van der Waals surface area contributed by atoms with Gasteiger partial charge in [0.05, 0.1) is 11.5 Å². The van der Waals surface area contributed by atoms with Gasteiger partial charge in [-0.05, 0) is 48.5 Å². The first kappa shape index (κ1) is 25.7. The average Bonchev–Trinajstić information content (AvgIpc) is 2.62. The largest absolute Gasteiger partial charge is 0.296 e. The van der Waals surface area contributed by atoms with Gasteiger partial charge in [-0.1, -0.05) is 71.4 Å². The lowest BCUT2D eigenvalue weighted by Gasteiger charge is -2.38. The van der Waals surface area contributed by atoms with E-state index in [-0.39, 0.29) is 11.5 Å². The number of benzene rings is 1. The molecule has 0 unspecified atom stereocenters. The maximum absolute atomic E-state index is 12.1. The van der Waals surface area contributed by atoms with Gasteiger partial charge in [0.2, 0.25) is 0 Å². The predicted octanol–water partition coefficient (Wildman–Crippen LogP) is 6.65. The normalized spacial score (nSPS) is 12.8. The lowest BCUT2D eigenvalue weighted by molar-refractivity contribution is 0.313. The smallest absolute Gasteiger partial charge is 0.266 e. The average molecular weight is 435 g/mol. The number of allylic oxidation sites excluding steroid dienone is 2. The van der Waals surface area contributed by atoms with E-state index in [2.05, 4.69) is 65.2 Å². The highest BCUT2D eigenvalue weighted by atomic mass is 32.2. The fourth-order valence-corrected chi connectivity index (χ4v) is 10.3. The molecule has 3 nitrogen and oxygen atoms in total. The summed E-state index contributed by atoms with van der Waals surface area (Å²) in [5.74, 6) is 3.41. The number of unbranched alkanes of at least 4 members (excludes halogenated alkanes) is 1. The molecule has 0 N–H and O–H groups in total. The summed E-state index contributed by atoms with van der Waals surface area (Å²) in [5, 5.41) is 0. The lowest BCUT2D eigenvalue weighted by atomic mass is 10.2. The Bertz CT molecular complexity index is 788. The fraction of sp³-hybridized carbons (Fsp3) is 0.583. The molecule has 162 valence electrons. The molecule has 0 radical (unpaired) electrons. The number of aryl methyl sites for hydroxylation is 1. The zero-order chi connectivity index (χ0) is 22.1. The lowest BCUT2D eigenvalue weighted by Crippen LogP contribution is -2.43. The van der Waals surface area contributed by atoms with Crippen LogP contribution in [-0.4, -0.2) is 23.1 Å². The van der Waals surface area contributed by atoms with E-state index in [1.54, 1.807) is 24.3 Å². The summed E-state index contributed by atoms with van der Waals surface area (Å²) in [5.41, 5.74) is 6.66. The van der Waals surface area contributed by atoms with Crippen molar-refractivity contribution in [3.8, 4) is 11.5 Å². The highest BCUT2D eigenvalue weighted by molar-refractivity contribution is 7.86. The van der Waals surface area contributed by atoms with Crippen molar-refractivity contribution in [2.24, 2.45) is 0 Å². The van der Waals surface area contributed by atoms with Crippen LogP contribution in [0, 0.1) is 18.4 Å². The second-order valence-corrected chi connectivity index (χ2v) is 15.8. The van der Waals surface area contributed by atoms with E-state index in [0.717, 1.165) is 18.4 Å². The molecule has 0 bridgehead atoms. The minimum Gasteiger partial charge on any atom is -0.266 e. The molecule has 0 spiro atoms. The van der Waals surface area contributed by atoms with Crippen molar-refractivity contribution in [3.63, 3.8) is 0 Å². The van der Waals surface area contributed by atoms with Gasteiger partial charge in [-0.25, -0.2) is 0 Å². The molecule has 0 aliphatic heterocycles. The van der Waals surface area contributed by atoms with Crippen molar-refractivity contribution < 1.29 is 12.6 Å². The third kappa shape index (κ3) is 7.44. The summed E-state index contributed by atoms with van der Waals surface area (Å²) in [4.78, 5) is 0.210. The highest BCUT2D eigenvalue weighted by Gasteiger charge is 2.41. The maximum Gasteiger partial charge on any atom is 0.296 e. The summed E-state index contributed by atoms with van der Waals surface area (Å²) in [7, 11) is -5.31. The number of hydrogen-bond donors (Lipinski definition) is 0. The van der Waals surface area contributed by atoms with E-state index >= 15 is 0 Å². The van der Waals surface area contributed by atoms with Crippen molar-refractivity contribution in [2.75, 3.05) is 6.61 Å². The minimum atomic E-state index is -3.66. The van der Waals surface area contributed by atoms with E-state index in [1.807, 2.05) is 6.92 Å². The molecule has 0 aliphatic rings. The van der Waals surface area contributed by atoms with Crippen molar-refractivity contribution in [1.29, 1.82) is 0 Å². The first-order chi connectivity index (χ1) is 13.5. The van der Waals surface area contributed by atoms with Gasteiger partial charge in [0.15, 0.2) is 0 Å². The standard InChI is InChI=1S/C24H38O3SSi/c1-20(2)29(21(3)4,22(5)6)19-13-11-9-8-10-12-18-27-28(25,26)24-16-14-23(7)15-17-24/h8-9,14-17,20-22H,10-12,18H2,1-7H3/b9-8-. The third-order valence-electron chi connectivity index (χ3n) is 5.62. The van der Waals surface area contributed by atoms with Crippen LogP contribution < -0.4 is 0 Å². The Kier molecular flexibility index (Phi) is 10.4. The first-order valence-electron chi connectivity index (χ1n) is 10.6. The van der Waals surface area contributed by atoms with E-state index < -0.39 is 18.2 Å². The van der Waals surface area contributed by atoms with Crippen molar-refractivity contribution in [1.82, 2.24) is 0 Å². The van der Waals surface area contributed by atoms with E-state index in [1.165, 1.54) is 0 Å². The molecule has 29 heavy (non-hydrogen) atoms. The van der Waals surface area contributed by atoms with Crippen LogP contribution in [-0.2, 0) is 14.3 Å². The van der Waals surface area contributed by atoms with Crippen LogP contribution in [0.15, 0.2) is 41.3 Å². The molecule has 0 fully saturated rings. The Morgan fingerprint density at radius 2 is 1.52 bits per heavy atom. The molecule has 1 aromatic carbocycles. The van der Waals surface area contributed by atoms with Crippen molar-refractivity contribution >= 4 is 18.2 Å². The monoisotopic (exact) mass is 434 g/mol. The van der Waals surface area contributed by atoms with Crippen LogP contribution in [0.2, 0.25) is 16.6 Å². The summed E-state index contributed by atoms with van der Waals surface area (Å²) in [6.45, 7) is 16.0. The van der Waals surface area contributed by atoms with Crippen LogP contribution >= 0.6 is 0 Å². The molecule has 0 heterocycles. The van der Waals surface area contributed by atoms with Crippen molar-refractivity contribution in [2.45, 2.75) is 89.2 Å². The molecular weight excluding hydrogens is 396 g/mol. The Morgan fingerprint density at radius 3 is 2.03 bits per heavy atom. The van der Waals surface area contributed by atoms with Gasteiger partial charge in [0.1, 0.15) is 8.07 Å². The summed E-state index contributed by atoms with van der Waals surface area (Å²) < 4.78 is 29.4. The van der Waals surface area contributed by atoms with Gasteiger partial charge < -0.3 is 0 Å². The van der Waals surface area contributed by atoms with Crippen LogP contribution in [0.3, 0.4) is 0 Å². The molecule has 0 saturated heterocycles. The fourth-order valence-electron chi connectivity index (χ4n) is 4.04. The van der Waals surface area contributed by atoms with E-state index in [0.29, 0.717) is 23.0 Å². The maximum atomic E-state index is 12.1. The Labute approximate surface area is 180 Å². The Hall–Kier alpha value is -1.35. The number of hydrogen-bond acceptors (Lipinski definition) is 3. The third-order valence-corrected chi connectivity index (χ3v) is 13.3. The molecule has 0 aromatic heterocycles. The van der Waals surface area contributed by atoms with E-state index in [9.17, 15) is 8.42 Å². The quantitative estimate of drug-likeness (QED) is 0.136. The second kappa shape index (κ2) is 11.7. The summed E-state index contributed by atoms with van der Waals surface area (Å²) in [6.07, 6.45) is 6.36. The highest BCUT2D eigenvalue weighted by Crippen LogP contribution is 2.40. The zero-order valence-electron chi connectivity index (χ0n) is 19.2. The predicted molar refractivity (Wildman–Crippen MR) is 126 cm³/mol. The Balaban J connectivity index is 2.47. The molecule has 0 aliphatic carbocycles. The second-order valence-electron chi connectivity index (χ2n) is 8.61. The molecule has 0 saturated carbocycles. The molecule has 0 atom stereocenters.